The van der Waals surface area contributed by atoms with Gasteiger partial charge in [0.15, 0.2) is 6.61 Å². The number of benzene rings is 2. The van der Waals surface area contributed by atoms with Crippen LogP contribution < -0.4 is 10.1 Å². The van der Waals surface area contributed by atoms with E-state index in [-0.39, 0.29) is 16.3 Å². The zero-order chi connectivity index (χ0) is 22.3. The van der Waals surface area contributed by atoms with Gasteiger partial charge < -0.3 is 14.8 Å². The van der Waals surface area contributed by atoms with Crippen molar-refractivity contribution < 1.29 is 32.2 Å². The Kier molecular flexibility index (Phi) is 7.44. The monoisotopic (exact) mass is 438 g/mol. The Morgan fingerprint density at radius 3 is 2.43 bits per heavy atom. The Hall–Kier alpha value is -3.51. The summed E-state index contributed by atoms with van der Waals surface area (Å²) >= 11 is 5.79. The minimum Gasteiger partial charge on any atom is -0.497 e. The number of anilines is 1. The molecule has 0 atom stereocenters. The van der Waals surface area contributed by atoms with E-state index in [4.69, 9.17) is 26.3 Å². The molecule has 1 amide bonds. The molecular formula is C20H14ClF3N2O4. The molecule has 0 aliphatic heterocycles. The van der Waals surface area contributed by atoms with Gasteiger partial charge in [-0.15, -0.1) is 0 Å². The van der Waals surface area contributed by atoms with Gasteiger partial charge in [-0.25, -0.2) is 4.79 Å². The summed E-state index contributed by atoms with van der Waals surface area (Å²) in [5.74, 6) is -1.41. The number of halogens is 4. The molecule has 156 valence electrons. The van der Waals surface area contributed by atoms with Gasteiger partial charge >= 0.3 is 12.1 Å². The second kappa shape index (κ2) is 9.80. The minimum atomic E-state index is -4.62. The van der Waals surface area contributed by atoms with Crippen LogP contribution in [-0.4, -0.2) is 25.6 Å². The number of nitriles is 1. The highest BCUT2D eigenvalue weighted by molar-refractivity contribution is 6.33. The fourth-order valence-electron chi connectivity index (χ4n) is 2.20. The molecule has 2 aromatic carbocycles. The maximum atomic E-state index is 12.8. The average Bonchev–Trinajstić information content (AvgIpc) is 2.71. The number of carbonyl (C=O) groups is 2. The van der Waals surface area contributed by atoms with E-state index >= 15 is 0 Å². The van der Waals surface area contributed by atoms with Crippen molar-refractivity contribution in [3.05, 3.63) is 64.2 Å². The first-order valence-corrected chi connectivity index (χ1v) is 8.61. The van der Waals surface area contributed by atoms with Crippen molar-refractivity contribution in [2.75, 3.05) is 19.0 Å². The standard InChI is InChI=1S/C20H14ClF3N2O4/c1-29-15-5-2-12(3-6-15)8-13(10-25)19(28)30-11-18(27)26-17-9-14(20(22,23)24)4-7-16(17)21/h2-9H,11H2,1H3,(H,26,27)/b13-8+. The Morgan fingerprint density at radius 1 is 1.20 bits per heavy atom. The summed E-state index contributed by atoms with van der Waals surface area (Å²) in [5, 5.41) is 11.1. The second-order valence-corrected chi connectivity index (χ2v) is 6.17. The van der Waals surface area contributed by atoms with Crippen LogP contribution in [0.3, 0.4) is 0 Å². The Bertz CT molecular complexity index is 1010. The number of rotatable bonds is 6. The number of hydrogen-bond acceptors (Lipinski definition) is 5. The van der Waals surface area contributed by atoms with E-state index in [2.05, 4.69) is 5.32 Å². The molecule has 0 fully saturated rings. The summed E-state index contributed by atoms with van der Waals surface area (Å²) in [6, 6.07) is 10.5. The highest BCUT2D eigenvalue weighted by Crippen LogP contribution is 2.33. The zero-order valence-electron chi connectivity index (χ0n) is 15.4. The highest BCUT2D eigenvalue weighted by Gasteiger charge is 2.31. The van der Waals surface area contributed by atoms with Crippen LogP contribution in [0.15, 0.2) is 48.0 Å². The van der Waals surface area contributed by atoms with Gasteiger partial charge in [0.1, 0.15) is 17.4 Å². The van der Waals surface area contributed by atoms with Crippen LogP contribution in [0.1, 0.15) is 11.1 Å². The number of methoxy groups -OCH3 is 1. The van der Waals surface area contributed by atoms with Crippen molar-refractivity contribution in [3.63, 3.8) is 0 Å². The number of nitrogens with one attached hydrogen (secondary N) is 1. The SMILES string of the molecule is COc1ccc(/C=C(\C#N)C(=O)OCC(=O)Nc2cc(C(F)(F)F)ccc2Cl)cc1. The molecule has 1 N–H and O–H groups in total. The number of ether oxygens (including phenoxy) is 2. The summed E-state index contributed by atoms with van der Waals surface area (Å²) in [6.45, 7) is -0.826. The molecule has 6 nitrogen and oxygen atoms in total. The highest BCUT2D eigenvalue weighted by atomic mass is 35.5. The van der Waals surface area contributed by atoms with E-state index < -0.39 is 30.2 Å². The molecule has 0 aliphatic rings. The lowest BCUT2D eigenvalue weighted by atomic mass is 10.1. The van der Waals surface area contributed by atoms with Crippen LogP contribution >= 0.6 is 11.6 Å². The third-order valence-electron chi connectivity index (χ3n) is 3.67. The van der Waals surface area contributed by atoms with Gasteiger partial charge in [-0.05, 0) is 42.0 Å². The molecule has 0 spiro atoms. The molecule has 0 radical (unpaired) electrons. The van der Waals surface area contributed by atoms with Crippen molar-refractivity contribution in [2.45, 2.75) is 6.18 Å². The van der Waals surface area contributed by atoms with Crippen LogP contribution in [0.2, 0.25) is 5.02 Å². The topological polar surface area (TPSA) is 88.4 Å². The average molecular weight is 439 g/mol. The van der Waals surface area contributed by atoms with Crippen molar-refractivity contribution >= 4 is 35.2 Å². The number of hydrogen-bond donors (Lipinski definition) is 1. The normalized spacial score (nSPS) is 11.4. The van der Waals surface area contributed by atoms with Crippen LogP contribution in [0.4, 0.5) is 18.9 Å². The van der Waals surface area contributed by atoms with Gasteiger partial charge in [0.05, 0.1) is 23.4 Å². The quantitative estimate of drug-likeness (QED) is 0.409. The van der Waals surface area contributed by atoms with E-state index in [1.807, 2.05) is 0 Å². The predicted molar refractivity (Wildman–Crippen MR) is 103 cm³/mol. The molecule has 0 bridgehead atoms. The van der Waals surface area contributed by atoms with Crippen molar-refractivity contribution in [1.82, 2.24) is 0 Å². The fraction of sp³-hybridized carbons (Fsp3) is 0.150. The van der Waals surface area contributed by atoms with Crippen molar-refractivity contribution in [2.24, 2.45) is 0 Å². The molecular weight excluding hydrogens is 425 g/mol. The van der Waals surface area contributed by atoms with E-state index in [1.54, 1.807) is 30.3 Å². The Balaban J connectivity index is 2.02. The van der Waals surface area contributed by atoms with Crippen LogP contribution in [0.25, 0.3) is 6.08 Å². The molecule has 0 saturated carbocycles. The van der Waals surface area contributed by atoms with Crippen molar-refractivity contribution in [1.29, 1.82) is 5.26 Å². The third-order valence-corrected chi connectivity index (χ3v) is 4.00. The van der Waals surface area contributed by atoms with E-state index in [0.717, 1.165) is 12.1 Å². The van der Waals surface area contributed by atoms with Gasteiger partial charge in [-0.3, -0.25) is 4.79 Å². The Morgan fingerprint density at radius 2 is 1.87 bits per heavy atom. The first-order valence-electron chi connectivity index (χ1n) is 8.23. The van der Waals surface area contributed by atoms with Gasteiger partial charge in [-0.2, -0.15) is 18.4 Å². The molecule has 2 aromatic rings. The molecule has 10 heteroatoms. The molecule has 2 rings (SSSR count). The molecule has 30 heavy (non-hydrogen) atoms. The van der Waals surface area contributed by atoms with E-state index in [0.29, 0.717) is 17.4 Å². The Labute approximate surface area is 174 Å². The second-order valence-electron chi connectivity index (χ2n) is 5.76. The lowest BCUT2D eigenvalue weighted by Gasteiger charge is -2.11. The summed E-state index contributed by atoms with van der Waals surface area (Å²) in [5.41, 5.74) is -1.15. The van der Waals surface area contributed by atoms with Gasteiger partial charge in [0.2, 0.25) is 0 Å². The molecule has 0 saturated heterocycles. The molecule has 0 heterocycles. The summed E-state index contributed by atoms with van der Waals surface area (Å²) in [6.07, 6.45) is -3.37. The van der Waals surface area contributed by atoms with E-state index in [1.165, 1.54) is 13.2 Å². The third kappa shape index (κ3) is 6.25. The summed E-state index contributed by atoms with van der Waals surface area (Å²) < 4.78 is 48.1. The van der Waals surface area contributed by atoms with Gasteiger partial charge in [-0.1, -0.05) is 23.7 Å². The smallest absolute Gasteiger partial charge is 0.416 e. The lowest BCUT2D eigenvalue weighted by Crippen LogP contribution is -2.22. The first-order chi connectivity index (χ1) is 14.1. The molecule has 0 aromatic heterocycles. The lowest BCUT2D eigenvalue weighted by molar-refractivity contribution is -0.142. The molecule has 0 unspecified atom stereocenters. The summed E-state index contributed by atoms with van der Waals surface area (Å²) in [4.78, 5) is 23.9. The first kappa shape index (κ1) is 22.8. The van der Waals surface area contributed by atoms with Crippen molar-refractivity contribution in [3.8, 4) is 11.8 Å². The minimum absolute atomic E-state index is 0.125. The maximum Gasteiger partial charge on any atom is 0.416 e. The number of esters is 1. The maximum absolute atomic E-state index is 12.8. The van der Waals surface area contributed by atoms with Crippen LogP contribution in [0.5, 0.6) is 5.75 Å². The van der Waals surface area contributed by atoms with Gasteiger partial charge in [0.25, 0.3) is 5.91 Å². The number of amides is 1. The van der Waals surface area contributed by atoms with Gasteiger partial charge in [0, 0.05) is 0 Å². The van der Waals surface area contributed by atoms with Crippen LogP contribution in [0, 0.1) is 11.3 Å². The van der Waals surface area contributed by atoms with Crippen LogP contribution in [-0.2, 0) is 20.5 Å². The largest absolute Gasteiger partial charge is 0.497 e. The number of nitrogens with zero attached hydrogens (tertiary/aromatic N) is 1. The fourth-order valence-corrected chi connectivity index (χ4v) is 2.36. The predicted octanol–water partition coefficient (Wildman–Crippen LogP) is 4.46. The zero-order valence-corrected chi connectivity index (χ0v) is 16.2. The summed E-state index contributed by atoms with van der Waals surface area (Å²) in [7, 11) is 1.49. The number of carbonyl (C=O) groups excluding carboxylic acids is 2. The number of alkyl halides is 3. The van der Waals surface area contributed by atoms with E-state index in [9.17, 15) is 22.8 Å². The molecule has 0 aliphatic carbocycles.